The fraction of sp³-hybridized carbons (Fsp3) is 0.391. The number of piperazine rings is 1. The number of amides is 1. The number of carbonyl (C=O) groups excluding carboxylic acids is 1. The van der Waals surface area contributed by atoms with Gasteiger partial charge >= 0.3 is 0 Å². The minimum Gasteiger partial charge on any atom is -0.354 e. The number of nitro groups is 1. The molecule has 0 radical (unpaired) electrons. The molecule has 0 atom stereocenters. The lowest BCUT2D eigenvalue weighted by Gasteiger charge is -2.35. The van der Waals surface area contributed by atoms with Gasteiger partial charge in [0, 0.05) is 66.9 Å². The van der Waals surface area contributed by atoms with Crippen LogP contribution in [0.1, 0.15) is 31.3 Å². The van der Waals surface area contributed by atoms with Crippen LogP contribution in [0.15, 0.2) is 35.7 Å². The minimum atomic E-state index is -0.437. The van der Waals surface area contributed by atoms with E-state index in [9.17, 15) is 14.9 Å². The normalized spacial score (nSPS) is 14.4. The van der Waals surface area contributed by atoms with Crippen molar-refractivity contribution in [2.75, 3.05) is 42.9 Å². The van der Waals surface area contributed by atoms with Crippen LogP contribution in [-0.2, 0) is 4.79 Å². The number of hydrogen-bond acceptors (Lipinski definition) is 9. The van der Waals surface area contributed by atoms with Gasteiger partial charge in [0.2, 0.25) is 5.91 Å². The van der Waals surface area contributed by atoms with Crippen molar-refractivity contribution in [2.45, 2.75) is 26.7 Å². The van der Waals surface area contributed by atoms with E-state index in [0.717, 1.165) is 43.5 Å². The smallest absolute Gasteiger partial charge is 0.270 e. The number of rotatable bonds is 7. The van der Waals surface area contributed by atoms with Crippen LogP contribution in [0.5, 0.6) is 0 Å². The van der Waals surface area contributed by atoms with Gasteiger partial charge < -0.3 is 10.2 Å². The zero-order valence-corrected chi connectivity index (χ0v) is 20.2. The number of nitro benzene ring substituents is 1. The van der Waals surface area contributed by atoms with Crippen LogP contribution in [0.3, 0.4) is 0 Å². The van der Waals surface area contributed by atoms with E-state index in [0.29, 0.717) is 16.4 Å². The summed E-state index contributed by atoms with van der Waals surface area (Å²) in [5, 5.41) is 16.1. The third kappa shape index (κ3) is 5.72. The highest BCUT2D eigenvalue weighted by molar-refractivity contribution is 7.14. The summed E-state index contributed by atoms with van der Waals surface area (Å²) in [4.78, 5) is 41.1. The molecule has 0 bridgehead atoms. The van der Waals surface area contributed by atoms with Crippen molar-refractivity contribution < 1.29 is 9.72 Å². The number of anilines is 2. The Morgan fingerprint density at radius 3 is 2.65 bits per heavy atom. The quantitative estimate of drug-likeness (QED) is 0.401. The summed E-state index contributed by atoms with van der Waals surface area (Å²) >= 11 is 1.30. The molecule has 178 valence electrons. The molecule has 1 aromatic carbocycles. The van der Waals surface area contributed by atoms with Gasteiger partial charge in [-0.05, 0) is 6.92 Å². The highest BCUT2D eigenvalue weighted by Crippen LogP contribution is 2.27. The maximum atomic E-state index is 12.6. The van der Waals surface area contributed by atoms with Crippen LogP contribution in [0, 0.1) is 17.0 Å². The molecule has 0 spiro atoms. The second kappa shape index (κ2) is 10.2. The summed E-state index contributed by atoms with van der Waals surface area (Å²) in [6, 6.07) is 8.31. The molecular formula is C23H27N7O3S. The van der Waals surface area contributed by atoms with Crippen molar-refractivity contribution in [1.29, 1.82) is 0 Å². The SMILES string of the molecule is Cc1cc(N2CCN(CC(=O)Nc3nc(-c4cccc([N+](=O)[O-])c4)cs3)CC2)nc(C(C)C)n1. The van der Waals surface area contributed by atoms with E-state index in [1.807, 2.05) is 13.0 Å². The molecule has 1 saturated heterocycles. The summed E-state index contributed by atoms with van der Waals surface area (Å²) in [6.07, 6.45) is 0. The van der Waals surface area contributed by atoms with Gasteiger partial charge in [0.05, 0.1) is 17.2 Å². The molecule has 4 rings (SSSR count). The number of nitrogens with one attached hydrogen (secondary N) is 1. The number of carbonyl (C=O) groups is 1. The van der Waals surface area contributed by atoms with Crippen LogP contribution in [-0.4, -0.2) is 63.4 Å². The van der Waals surface area contributed by atoms with E-state index in [1.165, 1.54) is 23.5 Å². The third-order valence-electron chi connectivity index (χ3n) is 5.54. The molecule has 11 heteroatoms. The average Bonchev–Trinajstić information content (AvgIpc) is 3.27. The van der Waals surface area contributed by atoms with Crippen molar-refractivity contribution in [3.05, 3.63) is 57.3 Å². The predicted octanol–water partition coefficient (Wildman–Crippen LogP) is 3.70. The lowest BCUT2D eigenvalue weighted by atomic mass is 10.1. The van der Waals surface area contributed by atoms with Crippen molar-refractivity contribution in [3.8, 4) is 11.3 Å². The number of nitrogens with zero attached hydrogens (tertiary/aromatic N) is 6. The van der Waals surface area contributed by atoms with Crippen LogP contribution >= 0.6 is 11.3 Å². The van der Waals surface area contributed by atoms with Gasteiger partial charge in [0.1, 0.15) is 11.6 Å². The standard InChI is InChI=1S/C23H27N7O3S/c1-15(2)22-24-16(3)11-20(26-22)29-9-7-28(8-10-29)13-21(31)27-23-25-19(14-34-23)17-5-4-6-18(12-17)30(32)33/h4-6,11-12,14-15H,7-10,13H2,1-3H3,(H,25,27,31). The summed E-state index contributed by atoms with van der Waals surface area (Å²) in [7, 11) is 0. The van der Waals surface area contributed by atoms with E-state index in [4.69, 9.17) is 4.98 Å². The third-order valence-corrected chi connectivity index (χ3v) is 6.30. The molecule has 0 unspecified atom stereocenters. The number of aryl methyl sites for hydroxylation is 1. The van der Waals surface area contributed by atoms with E-state index < -0.39 is 4.92 Å². The highest BCUT2D eigenvalue weighted by Gasteiger charge is 2.21. The Balaban J connectivity index is 1.31. The molecule has 2 aromatic heterocycles. The highest BCUT2D eigenvalue weighted by atomic mass is 32.1. The van der Waals surface area contributed by atoms with Gasteiger partial charge in [0.25, 0.3) is 5.69 Å². The number of aromatic nitrogens is 3. The van der Waals surface area contributed by atoms with E-state index in [1.54, 1.807) is 17.5 Å². The average molecular weight is 482 g/mol. The molecule has 1 fully saturated rings. The van der Waals surface area contributed by atoms with E-state index in [2.05, 4.69) is 38.9 Å². The lowest BCUT2D eigenvalue weighted by molar-refractivity contribution is -0.384. The van der Waals surface area contributed by atoms with Crippen LogP contribution in [0.4, 0.5) is 16.6 Å². The molecule has 1 amide bonds. The maximum Gasteiger partial charge on any atom is 0.270 e. The molecular weight excluding hydrogens is 454 g/mol. The molecule has 1 aliphatic rings. The van der Waals surface area contributed by atoms with Gasteiger partial charge in [-0.15, -0.1) is 11.3 Å². The Hall–Kier alpha value is -3.44. The Morgan fingerprint density at radius 1 is 1.18 bits per heavy atom. The zero-order chi connectivity index (χ0) is 24.2. The molecule has 1 aliphatic heterocycles. The van der Waals surface area contributed by atoms with Gasteiger partial charge in [-0.2, -0.15) is 0 Å². The Kier molecular flexibility index (Phi) is 7.13. The van der Waals surface area contributed by atoms with E-state index in [-0.39, 0.29) is 24.1 Å². The first-order valence-corrected chi connectivity index (χ1v) is 12.0. The first-order chi connectivity index (χ1) is 16.3. The first kappa shape index (κ1) is 23.7. The van der Waals surface area contributed by atoms with Crippen LogP contribution in [0.2, 0.25) is 0 Å². The fourth-order valence-corrected chi connectivity index (χ4v) is 4.47. The second-order valence-electron chi connectivity index (χ2n) is 8.54. The molecule has 10 nitrogen and oxygen atoms in total. The van der Waals surface area contributed by atoms with E-state index >= 15 is 0 Å². The molecule has 0 aliphatic carbocycles. The topological polar surface area (TPSA) is 117 Å². The van der Waals surface area contributed by atoms with Crippen molar-refractivity contribution in [1.82, 2.24) is 19.9 Å². The minimum absolute atomic E-state index is 0.00721. The number of hydrogen-bond donors (Lipinski definition) is 1. The Morgan fingerprint density at radius 2 is 1.94 bits per heavy atom. The summed E-state index contributed by atoms with van der Waals surface area (Å²) in [6.45, 7) is 9.52. The molecule has 34 heavy (non-hydrogen) atoms. The first-order valence-electron chi connectivity index (χ1n) is 11.1. The molecule has 1 N–H and O–H groups in total. The summed E-state index contributed by atoms with van der Waals surface area (Å²) in [5.41, 5.74) is 2.21. The van der Waals surface area contributed by atoms with Crippen LogP contribution in [0.25, 0.3) is 11.3 Å². The zero-order valence-electron chi connectivity index (χ0n) is 19.4. The van der Waals surface area contributed by atoms with Crippen LogP contribution < -0.4 is 10.2 Å². The number of thiazole rings is 1. The second-order valence-corrected chi connectivity index (χ2v) is 9.40. The molecule has 3 aromatic rings. The van der Waals surface area contributed by atoms with Gasteiger partial charge in [-0.3, -0.25) is 19.8 Å². The fourth-order valence-electron chi connectivity index (χ4n) is 3.73. The number of non-ortho nitro benzene ring substituents is 1. The van der Waals surface area contributed by atoms with Crippen molar-refractivity contribution in [2.24, 2.45) is 0 Å². The molecule has 0 saturated carbocycles. The summed E-state index contributed by atoms with van der Waals surface area (Å²) < 4.78 is 0. The van der Waals surface area contributed by atoms with Gasteiger partial charge in [-0.1, -0.05) is 26.0 Å². The predicted molar refractivity (Wildman–Crippen MR) is 132 cm³/mol. The Bertz CT molecular complexity index is 1190. The van der Waals surface area contributed by atoms with Gasteiger partial charge in [-0.25, -0.2) is 15.0 Å². The largest absolute Gasteiger partial charge is 0.354 e. The monoisotopic (exact) mass is 481 g/mol. The van der Waals surface area contributed by atoms with Gasteiger partial charge in [0.15, 0.2) is 5.13 Å². The maximum absolute atomic E-state index is 12.6. The Labute approximate surface area is 201 Å². The molecule has 3 heterocycles. The lowest BCUT2D eigenvalue weighted by Crippen LogP contribution is -2.49. The van der Waals surface area contributed by atoms with Crippen molar-refractivity contribution in [3.63, 3.8) is 0 Å². The van der Waals surface area contributed by atoms with Crippen molar-refractivity contribution >= 4 is 33.9 Å². The summed E-state index contributed by atoms with van der Waals surface area (Å²) in [5.74, 6) is 1.93. The number of benzene rings is 1.